The van der Waals surface area contributed by atoms with E-state index >= 15 is 0 Å². The van der Waals surface area contributed by atoms with E-state index in [0.29, 0.717) is 21.3 Å². The van der Waals surface area contributed by atoms with Gasteiger partial charge in [-0.05, 0) is 56.3 Å². The Balaban J connectivity index is 2.01. The van der Waals surface area contributed by atoms with Crippen LogP contribution in [0.5, 0.6) is 5.75 Å². The topological polar surface area (TPSA) is 64.6 Å². The largest absolute Gasteiger partial charge is 0.447 e. The number of ether oxygens (including phenoxy) is 2. The van der Waals surface area contributed by atoms with Gasteiger partial charge in [0.25, 0.3) is 0 Å². The molecular weight excluding hydrogens is 353 g/mol. The molecule has 2 aromatic carbocycles. The van der Waals surface area contributed by atoms with Crippen LogP contribution in [0.15, 0.2) is 42.5 Å². The number of anilines is 1. The molecule has 1 amide bonds. The van der Waals surface area contributed by atoms with E-state index in [0.717, 1.165) is 0 Å². The lowest BCUT2D eigenvalue weighted by atomic mass is 10.2. The molecule has 0 unspecified atom stereocenters. The van der Waals surface area contributed by atoms with Crippen molar-refractivity contribution in [2.24, 2.45) is 0 Å². The Kier molecular flexibility index (Phi) is 6.06. The van der Waals surface area contributed by atoms with Gasteiger partial charge < -0.3 is 9.47 Å². The van der Waals surface area contributed by atoms with Crippen molar-refractivity contribution in [3.63, 3.8) is 0 Å². The van der Waals surface area contributed by atoms with Crippen molar-refractivity contribution in [2.45, 2.75) is 20.0 Å². The van der Waals surface area contributed by atoms with Gasteiger partial charge in [-0.15, -0.1) is 0 Å². The zero-order valence-corrected chi connectivity index (χ0v) is 14.5. The first-order valence-corrected chi connectivity index (χ1v) is 7.85. The zero-order chi connectivity index (χ0) is 17.7. The van der Waals surface area contributed by atoms with Gasteiger partial charge >= 0.3 is 12.1 Å². The number of halogens is 2. The molecule has 0 radical (unpaired) electrons. The van der Waals surface area contributed by atoms with E-state index in [-0.39, 0.29) is 11.9 Å². The minimum Gasteiger partial charge on any atom is -0.447 e. The Hall–Kier alpha value is -2.24. The van der Waals surface area contributed by atoms with Crippen LogP contribution in [0.1, 0.15) is 24.2 Å². The number of hydrogen-bond donors (Lipinski definition) is 1. The van der Waals surface area contributed by atoms with E-state index in [1.165, 1.54) is 30.3 Å². The van der Waals surface area contributed by atoms with Crippen LogP contribution in [0, 0.1) is 0 Å². The maximum atomic E-state index is 12.1. The molecule has 0 saturated carbocycles. The zero-order valence-electron chi connectivity index (χ0n) is 13.0. The van der Waals surface area contributed by atoms with Gasteiger partial charge in [0.15, 0.2) is 0 Å². The van der Waals surface area contributed by atoms with Crippen LogP contribution in [0.3, 0.4) is 0 Å². The Morgan fingerprint density at radius 2 is 1.58 bits per heavy atom. The van der Waals surface area contributed by atoms with Crippen LogP contribution in [-0.2, 0) is 4.74 Å². The van der Waals surface area contributed by atoms with Gasteiger partial charge in [0, 0.05) is 15.7 Å². The lowest BCUT2D eigenvalue weighted by molar-refractivity contribution is 0.0735. The van der Waals surface area contributed by atoms with Crippen molar-refractivity contribution in [3.8, 4) is 5.75 Å². The van der Waals surface area contributed by atoms with Crippen LogP contribution in [0.2, 0.25) is 10.0 Å². The molecule has 2 aromatic rings. The van der Waals surface area contributed by atoms with E-state index in [1.807, 2.05) is 0 Å². The summed E-state index contributed by atoms with van der Waals surface area (Å²) in [4.78, 5) is 23.6. The molecule has 0 saturated heterocycles. The first kappa shape index (κ1) is 18.1. The molecule has 24 heavy (non-hydrogen) atoms. The number of esters is 1. The fraction of sp³-hybridized carbons (Fsp3) is 0.176. The molecule has 0 heterocycles. The molecule has 0 fully saturated rings. The van der Waals surface area contributed by atoms with Crippen molar-refractivity contribution in [2.75, 3.05) is 5.32 Å². The summed E-state index contributed by atoms with van der Waals surface area (Å²) in [6.45, 7) is 3.50. The second kappa shape index (κ2) is 8.04. The predicted octanol–water partition coefficient (Wildman–Crippen LogP) is 5.17. The summed E-state index contributed by atoms with van der Waals surface area (Å²) in [7, 11) is 0. The first-order valence-electron chi connectivity index (χ1n) is 7.09. The fourth-order valence-electron chi connectivity index (χ4n) is 1.80. The van der Waals surface area contributed by atoms with Crippen molar-refractivity contribution >= 4 is 41.0 Å². The number of benzene rings is 2. The standard InChI is InChI=1S/C17H15Cl2NO4/c1-10(2)23-17(22)20-14-5-3-11(4-6-14)16(21)24-15-8-12(18)7-13(19)9-15/h3-10H,1-2H3,(H,20,22). The Bertz CT molecular complexity index is 725. The summed E-state index contributed by atoms with van der Waals surface area (Å²) in [6, 6.07) is 10.7. The van der Waals surface area contributed by atoms with Gasteiger partial charge in [-0.25, -0.2) is 9.59 Å². The summed E-state index contributed by atoms with van der Waals surface area (Å²) in [5.74, 6) is -0.315. The Morgan fingerprint density at radius 3 is 2.12 bits per heavy atom. The molecule has 0 aliphatic carbocycles. The van der Waals surface area contributed by atoms with Gasteiger partial charge in [-0.2, -0.15) is 0 Å². The van der Waals surface area contributed by atoms with Gasteiger partial charge in [-0.1, -0.05) is 23.2 Å². The summed E-state index contributed by atoms with van der Waals surface area (Å²) >= 11 is 11.7. The van der Waals surface area contributed by atoms with E-state index in [1.54, 1.807) is 26.0 Å². The average Bonchev–Trinajstić information content (AvgIpc) is 2.45. The summed E-state index contributed by atoms with van der Waals surface area (Å²) in [6.07, 6.45) is -0.780. The molecule has 7 heteroatoms. The highest BCUT2D eigenvalue weighted by molar-refractivity contribution is 6.34. The van der Waals surface area contributed by atoms with E-state index in [2.05, 4.69) is 5.32 Å². The van der Waals surface area contributed by atoms with Crippen LogP contribution in [-0.4, -0.2) is 18.2 Å². The van der Waals surface area contributed by atoms with Crippen molar-refractivity contribution < 1.29 is 19.1 Å². The predicted molar refractivity (Wildman–Crippen MR) is 93.1 cm³/mol. The third-order valence-corrected chi connectivity index (χ3v) is 3.19. The highest BCUT2D eigenvalue weighted by Gasteiger charge is 2.11. The molecule has 1 N–H and O–H groups in total. The maximum absolute atomic E-state index is 12.1. The minimum atomic E-state index is -0.565. The second-order valence-corrected chi connectivity index (χ2v) is 6.02. The maximum Gasteiger partial charge on any atom is 0.411 e. The van der Waals surface area contributed by atoms with Crippen molar-refractivity contribution in [3.05, 3.63) is 58.1 Å². The first-order chi connectivity index (χ1) is 11.3. The highest BCUT2D eigenvalue weighted by atomic mass is 35.5. The molecule has 0 atom stereocenters. The molecular formula is C17H15Cl2NO4. The van der Waals surface area contributed by atoms with Crippen molar-refractivity contribution in [1.82, 2.24) is 0 Å². The molecule has 0 aliphatic heterocycles. The minimum absolute atomic E-state index is 0.219. The van der Waals surface area contributed by atoms with E-state index in [4.69, 9.17) is 32.7 Å². The monoisotopic (exact) mass is 367 g/mol. The van der Waals surface area contributed by atoms with Crippen LogP contribution >= 0.6 is 23.2 Å². The number of carbonyl (C=O) groups is 2. The third kappa shape index (κ3) is 5.44. The average molecular weight is 368 g/mol. The number of rotatable bonds is 4. The number of nitrogens with one attached hydrogen (secondary N) is 1. The van der Waals surface area contributed by atoms with Crippen molar-refractivity contribution in [1.29, 1.82) is 0 Å². The highest BCUT2D eigenvalue weighted by Crippen LogP contribution is 2.25. The molecule has 0 aliphatic rings. The fourth-order valence-corrected chi connectivity index (χ4v) is 2.31. The van der Waals surface area contributed by atoms with Gasteiger partial charge in [0.05, 0.1) is 11.7 Å². The number of amides is 1. The van der Waals surface area contributed by atoms with Crippen LogP contribution in [0.25, 0.3) is 0 Å². The number of hydrogen-bond acceptors (Lipinski definition) is 4. The summed E-state index contributed by atoms with van der Waals surface area (Å²) in [5, 5.41) is 3.29. The Morgan fingerprint density at radius 1 is 1.00 bits per heavy atom. The van der Waals surface area contributed by atoms with Crippen LogP contribution < -0.4 is 10.1 Å². The molecule has 0 bridgehead atoms. The van der Waals surface area contributed by atoms with E-state index < -0.39 is 12.1 Å². The molecule has 5 nitrogen and oxygen atoms in total. The van der Waals surface area contributed by atoms with Crippen LogP contribution in [0.4, 0.5) is 10.5 Å². The third-order valence-electron chi connectivity index (χ3n) is 2.76. The SMILES string of the molecule is CC(C)OC(=O)Nc1ccc(C(=O)Oc2cc(Cl)cc(Cl)c2)cc1. The Labute approximate surface area is 149 Å². The molecule has 0 aromatic heterocycles. The number of carbonyl (C=O) groups excluding carboxylic acids is 2. The molecule has 0 spiro atoms. The van der Waals surface area contributed by atoms with Gasteiger partial charge in [0.1, 0.15) is 5.75 Å². The molecule has 126 valence electrons. The summed E-state index contributed by atoms with van der Waals surface area (Å²) in [5.41, 5.74) is 0.817. The molecule has 2 rings (SSSR count). The summed E-state index contributed by atoms with van der Waals surface area (Å²) < 4.78 is 10.2. The normalized spacial score (nSPS) is 10.4. The quantitative estimate of drug-likeness (QED) is 0.597. The smallest absolute Gasteiger partial charge is 0.411 e. The van der Waals surface area contributed by atoms with Gasteiger partial charge in [-0.3, -0.25) is 5.32 Å². The van der Waals surface area contributed by atoms with E-state index in [9.17, 15) is 9.59 Å². The lowest BCUT2D eigenvalue weighted by Crippen LogP contribution is -2.18. The lowest BCUT2D eigenvalue weighted by Gasteiger charge is -2.10. The second-order valence-electron chi connectivity index (χ2n) is 5.15. The van der Waals surface area contributed by atoms with Gasteiger partial charge in [0.2, 0.25) is 0 Å².